The Kier molecular flexibility index (Phi) is 27.3. The van der Waals surface area contributed by atoms with Crippen LogP contribution in [-0.4, -0.2) is 62.9 Å². The summed E-state index contributed by atoms with van der Waals surface area (Å²) in [5.74, 6) is -3.54. The van der Waals surface area contributed by atoms with Gasteiger partial charge >= 0.3 is 41.5 Å². The second-order valence-corrected chi connectivity index (χ2v) is 2.17. The number of hydrogen-bond acceptors (Lipinski definition) is 6. The van der Waals surface area contributed by atoms with Crippen LogP contribution >= 0.6 is 0 Å². The van der Waals surface area contributed by atoms with Gasteiger partial charge in [0.1, 0.15) is 0 Å². The number of carboxylic acids is 2. The first-order valence-electron chi connectivity index (χ1n) is 4.30. The maximum Gasteiger partial charge on any atom is 1.00 e. The van der Waals surface area contributed by atoms with Gasteiger partial charge in [0.15, 0.2) is 12.2 Å². The van der Waals surface area contributed by atoms with Crippen molar-refractivity contribution < 1.29 is 69.8 Å². The van der Waals surface area contributed by atoms with E-state index in [1.54, 1.807) is 13.8 Å². The Balaban J connectivity index is -0.000000102. The molecule has 8 nitrogen and oxygen atoms in total. The monoisotopic (exact) mass is 264 g/mol. The zero-order valence-corrected chi connectivity index (χ0v) is 12.0. The van der Waals surface area contributed by atoms with Gasteiger partial charge in [-0.2, -0.15) is 0 Å². The van der Waals surface area contributed by atoms with Gasteiger partial charge in [-0.3, -0.25) is 0 Å². The molecule has 0 rings (SSSR count). The molecular weight excluding hydrogens is 247 g/mol. The van der Waals surface area contributed by atoms with Crippen molar-refractivity contribution in [1.82, 2.24) is 0 Å². The van der Waals surface area contributed by atoms with Crippen molar-refractivity contribution in [2.75, 3.05) is 13.2 Å². The average Bonchev–Trinajstić information content (AvgIpc) is 2.17. The molecule has 98 valence electrons. The van der Waals surface area contributed by atoms with Crippen molar-refractivity contribution in [3.63, 3.8) is 0 Å². The molecule has 0 saturated carbocycles. The van der Waals surface area contributed by atoms with Crippen LogP contribution in [0.2, 0.25) is 0 Å². The number of carboxylic acid groups (broad SMARTS) is 2. The van der Waals surface area contributed by atoms with Gasteiger partial charge in [0, 0.05) is 6.61 Å². The zero-order valence-electron chi connectivity index (χ0n) is 10.0. The molecule has 0 aliphatic heterocycles. The molecule has 5 N–H and O–H groups in total. The van der Waals surface area contributed by atoms with Crippen LogP contribution in [0.25, 0.3) is 0 Å². The van der Waals surface area contributed by atoms with E-state index in [1.165, 1.54) is 0 Å². The fourth-order valence-electron chi connectivity index (χ4n) is 0.270. The first kappa shape index (κ1) is 25.6. The summed E-state index contributed by atoms with van der Waals surface area (Å²) in [6.07, 6.45) is -4.53. The number of carbonyl (C=O) groups is 2. The zero-order chi connectivity index (χ0) is 13.7. The van der Waals surface area contributed by atoms with E-state index in [4.69, 9.17) is 30.6 Å². The molecular formula is C8H17NaO8. The molecule has 0 bridgehead atoms. The van der Waals surface area contributed by atoms with Crippen molar-refractivity contribution in [3.05, 3.63) is 0 Å². The van der Waals surface area contributed by atoms with Gasteiger partial charge in [0.05, 0.1) is 0 Å². The smallest absolute Gasteiger partial charge is 0.855 e. The summed E-state index contributed by atoms with van der Waals surface area (Å²) >= 11 is 0. The third kappa shape index (κ3) is 21.6. The second-order valence-electron chi connectivity index (χ2n) is 2.17. The summed E-state index contributed by atoms with van der Waals surface area (Å²) in [7, 11) is 0. The van der Waals surface area contributed by atoms with Crippen LogP contribution in [0.4, 0.5) is 0 Å². The van der Waals surface area contributed by atoms with E-state index in [0.717, 1.165) is 0 Å². The Morgan fingerprint density at radius 3 is 1.24 bits per heavy atom. The Labute approximate surface area is 121 Å². The van der Waals surface area contributed by atoms with Crippen LogP contribution in [0, 0.1) is 0 Å². The molecule has 0 fully saturated rings. The molecule has 2 atom stereocenters. The van der Waals surface area contributed by atoms with Gasteiger partial charge in [-0.15, -0.1) is 6.61 Å². The van der Waals surface area contributed by atoms with E-state index in [2.05, 4.69) is 0 Å². The van der Waals surface area contributed by atoms with Crippen LogP contribution in [0.1, 0.15) is 13.8 Å². The molecule has 2 unspecified atom stereocenters. The van der Waals surface area contributed by atoms with Crippen molar-refractivity contribution in [1.29, 1.82) is 0 Å². The van der Waals surface area contributed by atoms with Gasteiger partial charge in [-0.1, -0.05) is 6.92 Å². The van der Waals surface area contributed by atoms with E-state index < -0.39 is 24.1 Å². The summed E-state index contributed by atoms with van der Waals surface area (Å²) < 4.78 is 0. The minimum absolute atomic E-state index is 0. The van der Waals surface area contributed by atoms with E-state index in [9.17, 15) is 9.59 Å². The van der Waals surface area contributed by atoms with Gasteiger partial charge in [0.2, 0.25) is 0 Å². The predicted octanol–water partition coefficient (Wildman–Crippen LogP) is -5.75. The molecule has 9 heteroatoms. The Hall–Kier alpha value is -0.220. The molecule has 0 spiro atoms. The van der Waals surface area contributed by atoms with Gasteiger partial charge in [-0.25, -0.2) is 9.59 Å². The fraction of sp³-hybridized carbons (Fsp3) is 0.750. The standard InChI is InChI=1S/C4H6O6.C2H6O.C2H5O.Na/c5-1(3(7)8)2(6)4(9)10;2*1-2-3;/h1-2,5-6H,(H,7,8)(H,9,10);3H,2H2,1H3;2H2,1H3;/q;;-1;+1. The van der Waals surface area contributed by atoms with Crippen LogP contribution in [0.5, 0.6) is 0 Å². The Morgan fingerprint density at radius 1 is 1.06 bits per heavy atom. The topological polar surface area (TPSA) is 158 Å². The predicted molar refractivity (Wildman–Crippen MR) is 50.6 cm³/mol. The van der Waals surface area contributed by atoms with Crippen LogP contribution < -0.4 is 34.7 Å². The number of aliphatic hydroxyl groups is 3. The third-order valence-electron chi connectivity index (χ3n) is 0.805. The van der Waals surface area contributed by atoms with Gasteiger partial charge < -0.3 is 30.6 Å². The van der Waals surface area contributed by atoms with E-state index in [-0.39, 0.29) is 42.8 Å². The van der Waals surface area contributed by atoms with Crippen molar-refractivity contribution >= 4 is 11.9 Å². The first-order valence-corrected chi connectivity index (χ1v) is 4.30. The van der Waals surface area contributed by atoms with Gasteiger partial charge in [-0.05, 0) is 6.92 Å². The maximum atomic E-state index is 9.77. The normalized spacial score (nSPS) is 11.4. The summed E-state index contributed by atoms with van der Waals surface area (Å²) in [5.41, 5.74) is 0. The van der Waals surface area contributed by atoms with Crippen molar-refractivity contribution in [2.24, 2.45) is 0 Å². The van der Waals surface area contributed by atoms with Crippen LogP contribution in [-0.2, 0) is 9.59 Å². The minimum Gasteiger partial charge on any atom is -0.855 e. The van der Waals surface area contributed by atoms with Crippen LogP contribution in [0.3, 0.4) is 0 Å². The fourth-order valence-corrected chi connectivity index (χ4v) is 0.270. The SMILES string of the molecule is CCO.CC[O-].O=C(O)C(O)C(O)C(=O)O.[Na+]. The molecule has 0 aromatic rings. The number of aliphatic hydroxyl groups excluding tert-OH is 3. The number of rotatable bonds is 3. The molecule has 0 saturated heterocycles. The molecule has 0 aromatic carbocycles. The van der Waals surface area contributed by atoms with Gasteiger partial charge in [0.25, 0.3) is 0 Å². The maximum absolute atomic E-state index is 9.77. The molecule has 0 radical (unpaired) electrons. The summed E-state index contributed by atoms with van der Waals surface area (Å²) in [6.45, 7) is 3.50. The number of hydrogen-bond donors (Lipinski definition) is 5. The van der Waals surface area contributed by atoms with E-state index in [0.29, 0.717) is 0 Å². The number of aliphatic carboxylic acids is 2. The largest absolute Gasteiger partial charge is 1.00 e. The summed E-state index contributed by atoms with van der Waals surface area (Å²) in [6, 6.07) is 0. The first-order chi connectivity index (χ1) is 7.29. The molecule has 0 aliphatic rings. The Morgan fingerprint density at radius 2 is 1.18 bits per heavy atom. The summed E-state index contributed by atoms with van der Waals surface area (Å²) in [5, 5.41) is 49.0. The molecule has 17 heavy (non-hydrogen) atoms. The second kappa shape index (κ2) is 18.2. The van der Waals surface area contributed by atoms with E-state index >= 15 is 0 Å². The molecule has 0 aliphatic carbocycles. The third-order valence-corrected chi connectivity index (χ3v) is 0.805. The summed E-state index contributed by atoms with van der Waals surface area (Å²) in [4.78, 5) is 19.5. The van der Waals surface area contributed by atoms with Crippen molar-refractivity contribution in [2.45, 2.75) is 26.1 Å². The quantitative estimate of drug-likeness (QED) is 0.315. The Bertz CT molecular complexity index is 166. The molecule has 0 aromatic heterocycles. The molecule has 0 heterocycles. The average molecular weight is 264 g/mol. The van der Waals surface area contributed by atoms with Crippen molar-refractivity contribution in [3.8, 4) is 0 Å². The van der Waals surface area contributed by atoms with E-state index in [1.807, 2.05) is 0 Å². The molecule has 0 amide bonds. The minimum atomic E-state index is -2.27. The van der Waals surface area contributed by atoms with Crippen LogP contribution in [0.15, 0.2) is 0 Å².